The average molecular weight is 347 g/mol. The molecule has 1 aromatic rings. The lowest BCUT2D eigenvalue weighted by molar-refractivity contribution is -0.121. The van der Waals surface area contributed by atoms with Crippen molar-refractivity contribution in [3.05, 3.63) is 28.8 Å². The maximum atomic E-state index is 12.0. The summed E-state index contributed by atoms with van der Waals surface area (Å²) in [5, 5.41) is 3.21. The Morgan fingerprint density at radius 1 is 1.36 bits per heavy atom. The first-order valence-electron chi connectivity index (χ1n) is 7.12. The van der Waals surface area contributed by atoms with Gasteiger partial charge in [0.2, 0.25) is 15.9 Å². The van der Waals surface area contributed by atoms with Gasteiger partial charge in [-0.3, -0.25) is 9.10 Å². The van der Waals surface area contributed by atoms with Crippen molar-refractivity contribution in [2.45, 2.75) is 27.2 Å². The SMILES string of the molecule is Cc1ccc(Cl)cc1N(CCNC(=O)CC(C)C)S(C)(=O)=O. The number of hydrogen-bond donors (Lipinski definition) is 1. The molecule has 0 saturated carbocycles. The monoisotopic (exact) mass is 346 g/mol. The third kappa shape index (κ3) is 5.85. The van der Waals surface area contributed by atoms with Crippen molar-refractivity contribution in [1.82, 2.24) is 5.32 Å². The highest BCUT2D eigenvalue weighted by Gasteiger charge is 2.19. The van der Waals surface area contributed by atoms with Crippen molar-refractivity contribution >= 4 is 33.2 Å². The van der Waals surface area contributed by atoms with Crippen LogP contribution >= 0.6 is 11.6 Å². The fraction of sp³-hybridized carbons (Fsp3) is 0.533. The van der Waals surface area contributed by atoms with Gasteiger partial charge in [0.1, 0.15) is 0 Å². The maximum absolute atomic E-state index is 12.0. The zero-order chi connectivity index (χ0) is 16.9. The van der Waals surface area contributed by atoms with E-state index in [1.807, 2.05) is 20.8 Å². The predicted octanol–water partition coefficient (Wildman–Crippen LogP) is 2.58. The number of rotatable bonds is 7. The molecular formula is C15H23ClN2O3S. The average Bonchev–Trinajstić information content (AvgIpc) is 2.35. The Bertz CT molecular complexity index is 630. The number of halogens is 1. The molecule has 0 saturated heterocycles. The van der Waals surface area contributed by atoms with E-state index in [0.29, 0.717) is 17.1 Å². The summed E-state index contributed by atoms with van der Waals surface area (Å²) in [6, 6.07) is 5.10. The summed E-state index contributed by atoms with van der Waals surface area (Å²) in [6.07, 6.45) is 1.57. The van der Waals surface area contributed by atoms with Crippen molar-refractivity contribution in [2.75, 3.05) is 23.7 Å². The summed E-state index contributed by atoms with van der Waals surface area (Å²) in [4.78, 5) is 11.6. The van der Waals surface area contributed by atoms with Gasteiger partial charge in [0, 0.05) is 18.0 Å². The van der Waals surface area contributed by atoms with Crippen molar-refractivity contribution in [2.24, 2.45) is 5.92 Å². The van der Waals surface area contributed by atoms with Gasteiger partial charge in [-0.1, -0.05) is 31.5 Å². The molecule has 1 rings (SSSR count). The summed E-state index contributed by atoms with van der Waals surface area (Å²) < 4.78 is 25.3. The van der Waals surface area contributed by atoms with Crippen LogP contribution in [0.2, 0.25) is 5.02 Å². The number of carbonyl (C=O) groups is 1. The predicted molar refractivity (Wildman–Crippen MR) is 90.8 cm³/mol. The third-order valence-electron chi connectivity index (χ3n) is 3.07. The number of nitrogens with zero attached hydrogens (tertiary/aromatic N) is 1. The first-order chi connectivity index (χ1) is 10.1. The Balaban J connectivity index is 2.84. The van der Waals surface area contributed by atoms with Crippen LogP contribution in [0.3, 0.4) is 0 Å². The minimum Gasteiger partial charge on any atom is -0.354 e. The van der Waals surface area contributed by atoms with Crippen LogP contribution in [0.1, 0.15) is 25.8 Å². The van der Waals surface area contributed by atoms with Crippen LogP contribution in [0, 0.1) is 12.8 Å². The molecule has 0 unspecified atom stereocenters. The number of amides is 1. The second-order valence-corrected chi connectivity index (χ2v) is 8.06. The van der Waals surface area contributed by atoms with E-state index in [9.17, 15) is 13.2 Å². The Morgan fingerprint density at radius 3 is 2.55 bits per heavy atom. The molecule has 22 heavy (non-hydrogen) atoms. The van der Waals surface area contributed by atoms with Crippen molar-refractivity contribution < 1.29 is 13.2 Å². The quantitative estimate of drug-likeness (QED) is 0.825. The number of nitrogens with one attached hydrogen (secondary N) is 1. The highest BCUT2D eigenvalue weighted by atomic mass is 35.5. The zero-order valence-electron chi connectivity index (χ0n) is 13.4. The molecule has 0 fully saturated rings. The van der Waals surface area contributed by atoms with Gasteiger partial charge < -0.3 is 5.32 Å². The van der Waals surface area contributed by atoms with Gasteiger partial charge in [-0.25, -0.2) is 8.42 Å². The molecule has 0 aliphatic heterocycles. The Kier molecular flexibility index (Phi) is 6.68. The largest absolute Gasteiger partial charge is 0.354 e. The molecule has 0 aliphatic rings. The molecule has 7 heteroatoms. The number of carbonyl (C=O) groups excluding carboxylic acids is 1. The number of aryl methyl sites for hydroxylation is 1. The zero-order valence-corrected chi connectivity index (χ0v) is 15.0. The topological polar surface area (TPSA) is 66.5 Å². The van der Waals surface area contributed by atoms with Crippen molar-refractivity contribution in [1.29, 1.82) is 0 Å². The molecule has 1 amide bonds. The van der Waals surface area contributed by atoms with Crippen LogP contribution in [0.25, 0.3) is 0 Å². The molecule has 0 spiro atoms. The number of hydrogen-bond acceptors (Lipinski definition) is 3. The number of anilines is 1. The molecule has 1 aromatic carbocycles. The van der Waals surface area contributed by atoms with Crippen LogP contribution in [0.15, 0.2) is 18.2 Å². The molecule has 0 atom stereocenters. The first kappa shape index (κ1) is 18.8. The van der Waals surface area contributed by atoms with E-state index in [4.69, 9.17) is 11.6 Å². The van der Waals surface area contributed by atoms with Crippen LogP contribution in [-0.4, -0.2) is 33.7 Å². The normalized spacial score (nSPS) is 11.5. The second-order valence-electron chi connectivity index (χ2n) is 5.71. The van der Waals surface area contributed by atoms with E-state index in [-0.39, 0.29) is 24.9 Å². The number of benzene rings is 1. The van der Waals surface area contributed by atoms with Gasteiger partial charge in [-0.15, -0.1) is 0 Å². The summed E-state index contributed by atoms with van der Waals surface area (Å²) in [5.74, 6) is 0.187. The lowest BCUT2D eigenvalue weighted by atomic mass is 10.1. The number of sulfonamides is 1. The first-order valence-corrected chi connectivity index (χ1v) is 9.34. The second kappa shape index (κ2) is 7.83. The fourth-order valence-corrected chi connectivity index (χ4v) is 3.20. The molecule has 0 aromatic heterocycles. The van der Waals surface area contributed by atoms with Gasteiger partial charge in [0.15, 0.2) is 0 Å². The third-order valence-corrected chi connectivity index (χ3v) is 4.49. The minimum atomic E-state index is -3.45. The van der Waals surface area contributed by atoms with Gasteiger partial charge in [-0.2, -0.15) is 0 Å². The minimum absolute atomic E-state index is 0.0775. The molecular weight excluding hydrogens is 324 g/mol. The highest BCUT2D eigenvalue weighted by Crippen LogP contribution is 2.25. The summed E-state index contributed by atoms with van der Waals surface area (Å²) in [6.45, 7) is 6.16. The molecule has 1 N–H and O–H groups in total. The van der Waals surface area contributed by atoms with E-state index in [1.54, 1.807) is 18.2 Å². The van der Waals surface area contributed by atoms with E-state index < -0.39 is 10.0 Å². The lowest BCUT2D eigenvalue weighted by Gasteiger charge is -2.24. The van der Waals surface area contributed by atoms with Gasteiger partial charge in [-0.05, 0) is 30.5 Å². The molecule has 0 radical (unpaired) electrons. The van der Waals surface area contributed by atoms with Crippen molar-refractivity contribution in [3.63, 3.8) is 0 Å². The van der Waals surface area contributed by atoms with Crippen LogP contribution in [0.5, 0.6) is 0 Å². The maximum Gasteiger partial charge on any atom is 0.232 e. The summed E-state index contributed by atoms with van der Waals surface area (Å²) in [5.41, 5.74) is 1.34. The van der Waals surface area contributed by atoms with Crippen molar-refractivity contribution in [3.8, 4) is 0 Å². The Hall–Kier alpha value is -1.27. The smallest absolute Gasteiger partial charge is 0.232 e. The molecule has 0 aliphatic carbocycles. The van der Waals surface area contributed by atoms with Crippen LogP contribution < -0.4 is 9.62 Å². The van der Waals surface area contributed by atoms with E-state index >= 15 is 0 Å². The molecule has 0 bridgehead atoms. The van der Waals surface area contributed by atoms with E-state index in [1.165, 1.54) is 4.31 Å². The van der Waals surface area contributed by atoms with Crippen LogP contribution in [0.4, 0.5) is 5.69 Å². The van der Waals surface area contributed by atoms with E-state index in [2.05, 4.69) is 5.32 Å². The lowest BCUT2D eigenvalue weighted by Crippen LogP contribution is -2.38. The molecule has 5 nitrogen and oxygen atoms in total. The fourth-order valence-electron chi connectivity index (χ4n) is 2.06. The van der Waals surface area contributed by atoms with Crippen LogP contribution in [-0.2, 0) is 14.8 Å². The van der Waals surface area contributed by atoms with E-state index in [0.717, 1.165) is 11.8 Å². The van der Waals surface area contributed by atoms with Gasteiger partial charge in [0.25, 0.3) is 0 Å². The Labute approximate surface area is 137 Å². The van der Waals surface area contributed by atoms with Gasteiger partial charge >= 0.3 is 0 Å². The van der Waals surface area contributed by atoms with Gasteiger partial charge in [0.05, 0.1) is 18.5 Å². The summed E-state index contributed by atoms with van der Waals surface area (Å²) in [7, 11) is -3.45. The summed E-state index contributed by atoms with van der Waals surface area (Å²) >= 11 is 5.96. The standard InChI is InChI=1S/C15H23ClN2O3S/c1-11(2)9-15(19)17-7-8-18(22(4,20)21)14-10-13(16)6-5-12(14)3/h5-6,10-11H,7-9H2,1-4H3,(H,17,19). The highest BCUT2D eigenvalue weighted by molar-refractivity contribution is 7.92. The molecule has 0 heterocycles. The molecule has 124 valence electrons. The Morgan fingerprint density at radius 2 is 2.00 bits per heavy atom.